The van der Waals surface area contributed by atoms with E-state index < -0.39 is 23.4 Å². The lowest BCUT2D eigenvalue weighted by Crippen LogP contribution is -2.48. The highest BCUT2D eigenvalue weighted by atomic mass is 32.1. The van der Waals surface area contributed by atoms with E-state index in [4.69, 9.17) is 4.74 Å². The Balaban J connectivity index is 1.57. The second-order valence-electron chi connectivity index (χ2n) is 10.1. The summed E-state index contributed by atoms with van der Waals surface area (Å²) in [5.41, 5.74) is 1.78. The monoisotopic (exact) mass is 531 g/mol. The summed E-state index contributed by atoms with van der Waals surface area (Å²) in [6.07, 6.45) is 3.92. The van der Waals surface area contributed by atoms with Gasteiger partial charge in [0.25, 0.3) is 0 Å². The summed E-state index contributed by atoms with van der Waals surface area (Å²) in [7, 11) is 0. The van der Waals surface area contributed by atoms with Crippen LogP contribution in [-0.2, 0) is 0 Å². The first kappa shape index (κ1) is 23.8. The van der Waals surface area contributed by atoms with Crippen LogP contribution in [0.4, 0.5) is 5.69 Å². The fourth-order valence-electron chi connectivity index (χ4n) is 6.85. The van der Waals surface area contributed by atoms with Gasteiger partial charge in [0.15, 0.2) is 17.3 Å². The van der Waals surface area contributed by atoms with Gasteiger partial charge in [-0.2, -0.15) is 0 Å². The zero-order valence-corrected chi connectivity index (χ0v) is 22.1. The zero-order chi connectivity index (χ0) is 26.7. The molecule has 1 fully saturated rings. The second-order valence-corrected chi connectivity index (χ2v) is 11.0. The quantitative estimate of drug-likeness (QED) is 0.218. The lowest BCUT2D eigenvalue weighted by Gasteiger charge is -2.37. The fourth-order valence-corrected chi connectivity index (χ4v) is 7.55. The summed E-state index contributed by atoms with van der Waals surface area (Å²) in [4.78, 5) is 46.5. The van der Waals surface area contributed by atoms with Crippen LogP contribution in [0, 0.1) is 5.41 Å². The molecule has 4 aromatic rings. The first-order valence-corrected chi connectivity index (χ1v) is 14.0. The van der Waals surface area contributed by atoms with Gasteiger partial charge in [-0.25, -0.2) is 0 Å². The van der Waals surface area contributed by atoms with E-state index in [1.807, 2.05) is 90.0 Å². The van der Waals surface area contributed by atoms with Crippen LogP contribution in [0.3, 0.4) is 0 Å². The van der Waals surface area contributed by atoms with Gasteiger partial charge in [0.1, 0.15) is 17.2 Å². The van der Waals surface area contributed by atoms with E-state index in [0.717, 1.165) is 11.3 Å². The number of Topliss-reactive ketones (excluding diaryl/α,β-unsaturated/α-hetero) is 3. The number of benzene rings is 3. The standard InChI is InChI=1S/C33H25NO4S/c1-2-38-25-15-8-6-13-23(25)28-29(30(35)26-16-9-19-39-26)34-24-14-7-3-10-20(24)17-18-27(34)33(28)31(36)21-11-4-5-12-22(21)32(33)37/h3-19,27-29H,2H2,1H3/t27?,28-,29+/m0/s1. The third-order valence-electron chi connectivity index (χ3n) is 8.30. The summed E-state index contributed by atoms with van der Waals surface area (Å²) in [5, 5.41) is 1.88. The van der Waals surface area contributed by atoms with Crippen LogP contribution < -0.4 is 9.64 Å². The Morgan fingerprint density at radius 1 is 0.897 bits per heavy atom. The topological polar surface area (TPSA) is 63.7 Å². The summed E-state index contributed by atoms with van der Waals surface area (Å²) in [6.45, 7) is 2.32. The number of carbonyl (C=O) groups is 3. The Morgan fingerprint density at radius 2 is 1.59 bits per heavy atom. The minimum atomic E-state index is -1.53. The van der Waals surface area contributed by atoms with Crippen LogP contribution in [0.2, 0.25) is 0 Å². The van der Waals surface area contributed by atoms with E-state index in [2.05, 4.69) is 0 Å². The first-order valence-electron chi connectivity index (χ1n) is 13.1. The smallest absolute Gasteiger partial charge is 0.195 e. The molecule has 1 spiro atoms. The average Bonchev–Trinajstić information content (AvgIpc) is 3.67. The number of ether oxygens (including phenoxy) is 1. The zero-order valence-electron chi connectivity index (χ0n) is 21.2. The number of hydrogen-bond acceptors (Lipinski definition) is 6. The minimum Gasteiger partial charge on any atom is -0.494 e. The Labute approximate surface area is 230 Å². The lowest BCUT2D eigenvalue weighted by molar-refractivity contribution is 0.0664. The highest BCUT2D eigenvalue weighted by molar-refractivity contribution is 7.12. The molecule has 1 aromatic heterocycles. The average molecular weight is 532 g/mol. The number of thiophene rings is 1. The number of carbonyl (C=O) groups excluding carboxylic acids is 3. The van der Waals surface area contributed by atoms with E-state index in [-0.39, 0.29) is 17.3 Å². The predicted molar refractivity (Wildman–Crippen MR) is 152 cm³/mol. The van der Waals surface area contributed by atoms with Gasteiger partial charge < -0.3 is 9.64 Å². The molecule has 0 radical (unpaired) electrons. The number of para-hydroxylation sites is 2. The van der Waals surface area contributed by atoms with E-state index in [1.54, 1.807) is 24.3 Å². The molecule has 0 N–H and O–H groups in total. The van der Waals surface area contributed by atoms with Gasteiger partial charge >= 0.3 is 0 Å². The molecule has 1 aliphatic carbocycles. The molecule has 0 saturated carbocycles. The van der Waals surface area contributed by atoms with Crippen molar-refractivity contribution in [3.8, 4) is 5.75 Å². The maximum absolute atomic E-state index is 14.7. The van der Waals surface area contributed by atoms with Crippen molar-refractivity contribution in [1.82, 2.24) is 0 Å². The van der Waals surface area contributed by atoms with Crippen LogP contribution in [-0.4, -0.2) is 36.0 Å². The van der Waals surface area contributed by atoms with Crippen LogP contribution in [0.1, 0.15) is 54.4 Å². The summed E-state index contributed by atoms with van der Waals surface area (Å²) < 4.78 is 6.07. The van der Waals surface area contributed by atoms with Crippen molar-refractivity contribution in [2.45, 2.75) is 24.9 Å². The molecule has 2 aliphatic heterocycles. The van der Waals surface area contributed by atoms with Crippen molar-refractivity contribution in [2.24, 2.45) is 5.41 Å². The molecular formula is C33H25NO4S. The van der Waals surface area contributed by atoms with Gasteiger partial charge in [-0.1, -0.05) is 78.9 Å². The molecule has 3 aliphatic rings. The number of ketones is 3. The van der Waals surface area contributed by atoms with Gasteiger partial charge in [0, 0.05) is 28.3 Å². The van der Waals surface area contributed by atoms with Crippen LogP contribution in [0.15, 0.2) is 96.4 Å². The van der Waals surface area contributed by atoms with E-state index >= 15 is 0 Å². The lowest BCUT2D eigenvalue weighted by atomic mass is 9.64. The van der Waals surface area contributed by atoms with Crippen molar-refractivity contribution in [3.63, 3.8) is 0 Å². The first-order chi connectivity index (χ1) is 19.1. The van der Waals surface area contributed by atoms with Crippen molar-refractivity contribution in [1.29, 1.82) is 0 Å². The largest absolute Gasteiger partial charge is 0.494 e. The molecule has 0 amide bonds. The van der Waals surface area contributed by atoms with Crippen molar-refractivity contribution in [3.05, 3.63) is 124 Å². The molecule has 3 aromatic carbocycles. The van der Waals surface area contributed by atoms with Crippen molar-refractivity contribution in [2.75, 3.05) is 11.5 Å². The fraction of sp³-hybridized carbons (Fsp3) is 0.182. The Bertz CT molecular complexity index is 1640. The molecule has 1 saturated heterocycles. The van der Waals surface area contributed by atoms with Gasteiger partial charge in [0.05, 0.1) is 17.5 Å². The molecule has 39 heavy (non-hydrogen) atoms. The minimum absolute atomic E-state index is 0.107. The normalized spacial score (nSPS) is 22.1. The number of nitrogens with zero attached hydrogens (tertiary/aromatic N) is 1. The SMILES string of the molecule is CCOc1ccccc1[C@H]1[C@H](C(=O)c2cccs2)N2c3ccccc3C=CC2C12C(=O)c1ccccc1C2=O. The third-order valence-corrected chi connectivity index (χ3v) is 9.18. The molecule has 7 rings (SSSR count). The number of rotatable bonds is 5. The second kappa shape index (κ2) is 8.89. The molecule has 192 valence electrons. The molecular weight excluding hydrogens is 506 g/mol. The van der Waals surface area contributed by atoms with Gasteiger partial charge in [0.2, 0.25) is 0 Å². The van der Waals surface area contributed by atoms with Crippen LogP contribution in [0.25, 0.3) is 6.08 Å². The molecule has 1 unspecified atom stereocenters. The highest BCUT2D eigenvalue weighted by Crippen LogP contribution is 2.62. The van der Waals surface area contributed by atoms with E-state index in [0.29, 0.717) is 33.9 Å². The highest BCUT2D eigenvalue weighted by Gasteiger charge is 2.72. The Kier molecular flexibility index (Phi) is 5.42. The molecule has 6 heteroatoms. The van der Waals surface area contributed by atoms with E-state index in [1.165, 1.54) is 11.3 Å². The van der Waals surface area contributed by atoms with Crippen molar-refractivity contribution < 1.29 is 19.1 Å². The maximum atomic E-state index is 14.7. The predicted octanol–water partition coefficient (Wildman–Crippen LogP) is 6.46. The van der Waals surface area contributed by atoms with Gasteiger partial charge in [-0.15, -0.1) is 11.3 Å². The summed E-state index contributed by atoms with van der Waals surface area (Å²) in [6, 6.07) is 24.7. The third kappa shape index (κ3) is 3.15. The van der Waals surface area contributed by atoms with Crippen LogP contribution in [0.5, 0.6) is 5.75 Å². The molecule has 0 bridgehead atoms. The molecule has 3 heterocycles. The van der Waals surface area contributed by atoms with Crippen molar-refractivity contribution >= 4 is 40.4 Å². The Morgan fingerprint density at radius 3 is 2.31 bits per heavy atom. The van der Waals surface area contributed by atoms with Gasteiger partial charge in [-0.05, 0) is 36.1 Å². The number of anilines is 1. The number of fused-ring (bicyclic) bond motifs is 5. The molecule has 3 atom stereocenters. The van der Waals surface area contributed by atoms with Crippen LogP contribution >= 0.6 is 11.3 Å². The van der Waals surface area contributed by atoms with E-state index in [9.17, 15) is 14.4 Å². The maximum Gasteiger partial charge on any atom is 0.195 e. The molecule has 5 nitrogen and oxygen atoms in total. The summed E-state index contributed by atoms with van der Waals surface area (Å²) in [5.74, 6) is -0.769. The summed E-state index contributed by atoms with van der Waals surface area (Å²) >= 11 is 1.37. The van der Waals surface area contributed by atoms with Gasteiger partial charge in [-0.3, -0.25) is 14.4 Å². The Hall–Kier alpha value is -4.29. The number of hydrogen-bond donors (Lipinski definition) is 0.